The summed E-state index contributed by atoms with van der Waals surface area (Å²) in [5, 5.41) is 14.3. The topological polar surface area (TPSA) is 101 Å². The molecule has 0 radical (unpaired) electrons. The summed E-state index contributed by atoms with van der Waals surface area (Å²) in [6.45, 7) is 0. The van der Waals surface area contributed by atoms with Gasteiger partial charge in [0.1, 0.15) is 23.0 Å². The van der Waals surface area contributed by atoms with E-state index in [4.69, 9.17) is 0 Å². The number of nitrogens with zero attached hydrogens (tertiary/aromatic N) is 1. The van der Waals surface area contributed by atoms with E-state index in [1.54, 1.807) is 5.32 Å². The smallest absolute Gasteiger partial charge is 0.305 e. The molecule has 7 nitrogen and oxygen atoms in total. The molecule has 0 aliphatic carbocycles. The minimum Gasteiger partial charge on any atom is -0.305 e. The largest absolute Gasteiger partial charge is 0.326 e. The third-order valence-electron chi connectivity index (χ3n) is 2.90. The molecule has 2 aromatic rings. The van der Waals surface area contributed by atoms with Gasteiger partial charge in [-0.2, -0.15) is 0 Å². The Morgan fingerprint density at radius 2 is 1.68 bits per heavy atom. The fraction of sp³-hybridized carbons (Fsp3) is 0. The molecule has 25 heavy (non-hydrogen) atoms. The van der Waals surface area contributed by atoms with Gasteiger partial charge in [0, 0.05) is 6.07 Å². The van der Waals surface area contributed by atoms with E-state index in [9.17, 15) is 32.9 Å². The number of hydrogen-bond acceptors (Lipinski definition) is 4. The zero-order chi connectivity index (χ0) is 18.7. The molecule has 0 aliphatic heterocycles. The first-order valence-corrected chi connectivity index (χ1v) is 7.19. The van der Waals surface area contributed by atoms with E-state index < -0.39 is 51.3 Å². The zero-order valence-electron chi connectivity index (χ0n) is 12.0. The van der Waals surface area contributed by atoms with Gasteiger partial charge in [-0.15, -0.1) is 0 Å². The van der Waals surface area contributed by atoms with Crippen LogP contribution < -0.4 is 10.6 Å². The number of nitrogens with one attached hydrogen (secondary N) is 2. The van der Waals surface area contributed by atoms with Crippen LogP contribution in [0.15, 0.2) is 34.8 Å². The number of halogens is 4. The first kappa shape index (κ1) is 18.4. The highest BCUT2D eigenvalue weighted by Gasteiger charge is 2.21. The molecule has 0 spiro atoms. The number of urea groups is 1. The molecule has 0 atom stereocenters. The van der Waals surface area contributed by atoms with Crippen LogP contribution in [0, 0.1) is 27.6 Å². The molecule has 130 valence electrons. The lowest BCUT2D eigenvalue weighted by Crippen LogP contribution is -2.35. The van der Waals surface area contributed by atoms with Gasteiger partial charge in [-0.3, -0.25) is 20.2 Å². The lowest BCUT2D eigenvalue weighted by atomic mass is 10.2. The Morgan fingerprint density at radius 1 is 1.08 bits per heavy atom. The molecule has 2 N–H and O–H groups in total. The summed E-state index contributed by atoms with van der Waals surface area (Å²) in [5.74, 6) is -4.83. The fourth-order valence-electron chi connectivity index (χ4n) is 1.81. The van der Waals surface area contributed by atoms with Gasteiger partial charge in [0.15, 0.2) is 0 Å². The molecule has 3 amide bonds. The highest BCUT2D eigenvalue weighted by molar-refractivity contribution is 9.10. The number of hydrogen-bond donors (Lipinski definition) is 2. The average molecular weight is 418 g/mol. The maximum atomic E-state index is 13.7. The normalized spacial score (nSPS) is 10.2. The van der Waals surface area contributed by atoms with Crippen LogP contribution in [0.3, 0.4) is 0 Å². The SMILES string of the molecule is O=C(NC(=O)c1c(F)cccc1F)Nc1cc([N+](=O)[O-])c(Br)cc1F. The number of carbonyl (C=O) groups is 2. The maximum absolute atomic E-state index is 13.7. The lowest BCUT2D eigenvalue weighted by molar-refractivity contribution is -0.385. The predicted octanol–water partition coefficient (Wildman–Crippen LogP) is 3.74. The minimum atomic E-state index is -1.40. The number of carbonyl (C=O) groups excluding carboxylic acids is 2. The number of nitro benzene ring substituents is 1. The predicted molar refractivity (Wildman–Crippen MR) is 83.6 cm³/mol. The van der Waals surface area contributed by atoms with Crippen molar-refractivity contribution in [3.05, 3.63) is 67.9 Å². The molecule has 0 aliphatic rings. The van der Waals surface area contributed by atoms with Gasteiger partial charge in [0.2, 0.25) is 0 Å². The second-order valence-corrected chi connectivity index (χ2v) is 5.40. The molecule has 2 aromatic carbocycles. The molecule has 0 unspecified atom stereocenters. The highest BCUT2D eigenvalue weighted by Crippen LogP contribution is 2.30. The molecule has 0 heterocycles. The van der Waals surface area contributed by atoms with Crippen molar-refractivity contribution in [3.63, 3.8) is 0 Å². The summed E-state index contributed by atoms with van der Waals surface area (Å²) in [6.07, 6.45) is 0. The van der Waals surface area contributed by atoms with Crippen LogP contribution in [0.2, 0.25) is 0 Å². The Kier molecular flexibility index (Phi) is 5.37. The monoisotopic (exact) mass is 417 g/mol. The third kappa shape index (κ3) is 4.12. The van der Waals surface area contributed by atoms with Gasteiger partial charge in [-0.05, 0) is 34.1 Å². The van der Waals surface area contributed by atoms with Crippen molar-refractivity contribution in [2.75, 3.05) is 5.32 Å². The van der Waals surface area contributed by atoms with Crippen LogP contribution in [0.5, 0.6) is 0 Å². The highest BCUT2D eigenvalue weighted by atomic mass is 79.9. The van der Waals surface area contributed by atoms with E-state index in [0.29, 0.717) is 6.07 Å². The minimum absolute atomic E-state index is 0.162. The van der Waals surface area contributed by atoms with Crippen LogP contribution in [-0.2, 0) is 0 Å². The summed E-state index contributed by atoms with van der Waals surface area (Å²) >= 11 is 2.79. The van der Waals surface area contributed by atoms with Gasteiger partial charge in [0.05, 0.1) is 15.1 Å². The van der Waals surface area contributed by atoms with Crippen molar-refractivity contribution >= 4 is 39.2 Å². The van der Waals surface area contributed by atoms with E-state index in [-0.39, 0.29) is 4.47 Å². The molecule has 0 aromatic heterocycles. The first-order chi connectivity index (χ1) is 11.7. The first-order valence-electron chi connectivity index (χ1n) is 6.40. The van der Waals surface area contributed by atoms with Crippen LogP contribution in [0.4, 0.5) is 29.3 Å². The van der Waals surface area contributed by atoms with Crippen LogP contribution in [-0.4, -0.2) is 16.9 Å². The molecule has 0 bridgehead atoms. The van der Waals surface area contributed by atoms with E-state index in [0.717, 1.165) is 24.3 Å². The molecule has 0 saturated carbocycles. The number of rotatable bonds is 3. The summed E-state index contributed by atoms with van der Waals surface area (Å²) in [5.41, 5.74) is -2.14. The van der Waals surface area contributed by atoms with Gasteiger partial charge in [-0.25, -0.2) is 18.0 Å². The molecular formula is C14H7BrF3N3O4. The van der Waals surface area contributed by atoms with Gasteiger partial charge < -0.3 is 5.32 Å². The molecular weight excluding hydrogens is 411 g/mol. The van der Waals surface area contributed by atoms with Crippen LogP contribution in [0.25, 0.3) is 0 Å². The molecule has 0 saturated heterocycles. The van der Waals surface area contributed by atoms with Crippen molar-refractivity contribution in [2.45, 2.75) is 0 Å². The second-order valence-electron chi connectivity index (χ2n) is 4.55. The van der Waals surface area contributed by atoms with Gasteiger partial charge >= 0.3 is 6.03 Å². The zero-order valence-corrected chi connectivity index (χ0v) is 13.6. The Hall–Kier alpha value is -2.95. The Morgan fingerprint density at radius 3 is 2.24 bits per heavy atom. The van der Waals surface area contributed by atoms with Crippen LogP contribution >= 0.6 is 15.9 Å². The quantitative estimate of drug-likeness (QED) is 0.586. The number of benzene rings is 2. The van der Waals surface area contributed by atoms with Crippen molar-refractivity contribution in [1.29, 1.82) is 0 Å². The number of imide groups is 1. The fourth-order valence-corrected chi connectivity index (χ4v) is 2.27. The third-order valence-corrected chi connectivity index (χ3v) is 3.53. The Labute approximate surface area is 146 Å². The van der Waals surface area contributed by atoms with E-state index in [1.807, 2.05) is 5.32 Å². The summed E-state index contributed by atoms with van der Waals surface area (Å²) in [7, 11) is 0. The van der Waals surface area contributed by atoms with E-state index in [1.165, 1.54) is 0 Å². The molecule has 0 fully saturated rings. The van der Waals surface area contributed by atoms with Gasteiger partial charge in [-0.1, -0.05) is 6.07 Å². The standard InChI is InChI=1S/C14H7BrF3N3O4/c15-6-4-9(18)10(5-11(6)21(24)25)19-14(23)20-13(22)12-7(16)2-1-3-8(12)17/h1-5H,(H2,19,20,22,23). The lowest BCUT2D eigenvalue weighted by Gasteiger charge is -2.09. The summed E-state index contributed by atoms with van der Waals surface area (Å²) < 4.78 is 40.5. The Balaban J connectivity index is 2.19. The Bertz CT molecular complexity index is 872. The molecule has 11 heteroatoms. The number of nitro groups is 1. The van der Waals surface area contributed by atoms with Crippen molar-refractivity contribution in [3.8, 4) is 0 Å². The summed E-state index contributed by atoms with van der Waals surface area (Å²) in [6, 6.07) is 2.78. The van der Waals surface area contributed by atoms with Crippen molar-refractivity contribution in [1.82, 2.24) is 5.32 Å². The molecule has 2 rings (SSSR count). The van der Waals surface area contributed by atoms with Crippen molar-refractivity contribution < 1.29 is 27.7 Å². The van der Waals surface area contributed by atoms with Gasteiger partial charge in [0.25, 0.3) is 11.6 Å². The van der Waals surface area contributed by atoms with Crippen molar-refractivity contribution in [2.24, 2.45) is 0 Å². The number of anilines is 1. The van der Waals surface area contributed by atoms with Crippen LogP contribution in [0.1, 0.15) is 10.4 Å². The van der Waals surface area contributed by atoms with E-state index in [2.05, 4.69) is 15.9 Å². The second kappa shape index (κ2) is 7.30. The summed E-state index contributed by atoms with van der Waals surface area (Å²) in [4.78, 5) is 33.4. The van der Waals surface area contributed by atoms with E-state index >= 15 is 0 Å². The maximum Gasteiger partial charge on any atom is 0.326 e. The average Bonchev–Trinajstić information content (AvgIpc) is 2.49. The number of amides is 3.